The van der Waals surface area contributed by atoms with E-state index in [0.29, 0.717) is 16.9 Å². The van der Waals surface area contributed by atoms with Crippen molar-refractivity contribution in [1.29, 1.82) is 0 Å². The van der Waals surface area contributed by atoms with Gasteiger partial charge in [0.25, 0.3) is 5.91 Å². The quantitative estimate of drug-likeness (QED) is 0.782. The second-order valence-electron chi connectivity index (χ2n) is 7.06. The molecule has 0 aromatic carbocycles. The third-order valence-corrected chi connectivity index (χ3v) is 5.34. The van der Waals surface area contributed by atoms with Crippen LogP contribution in [0, 0.1) is 0 Å². The number of piperidine rings is 1. The summed E-state index contributed by atoms with van der Waals surface area (Å²) < 4.78 is 7.12. The van der Waals surface area contributed by atoms with Gasteiger partial charge in [-0.3, -0.25) is 4.79 Å². The minimum Gasteiger partial charge on any atom is -0.467 e. The largest absolute Gasteiger partial charge is 0.467 e. The van der Waals surface area contributed by atoms with Crippen molar-refractivity contribution in [1.82, 2.24) is 19.4 Å². The number of methoxy groups -OCH3 is 1. The van der Waals surface area contributed by atoms with Gasteiger partial charge in [-0.2, -0.15) is 4.98 Å². The number of carbonyl (C=O) groups excluding carboxylic acids is 1. The van der Waals surface area contributed by atoms with Crippen molar-refractivity contribution in [3.8, 4) is 6.01 Å². The van der Waals surface area contributed by atoms with Crippen molar-refractivity contribution in [3.63, 3.8) is 0 Å². The van der Waals surface area contributed by atoms with E-state index < -0.39 is 0 Å². The summed E-state index contributed by atoms with van der Waals surface area (Å²) in [6.07, 6.45) is 5.23. The third-order valence-electron chi connectivity index (χ3n) is 5.07. The van der Waals surface area contributed by atoms with Gasteiger partial charge in [0.05, 0.1) is 13.3 Å². The Morgan fingerprint density at radius 2 is 2.07 bits per heavy atom. The highest BCUT2D eigenvalue weighted by Gasteiger charge is 2.28. The average Bonchev–Trinajstić information content (AvgIpc) is 3.17. The standard InChI is InChI=1S/C19H26ClN5O2/c1-13(2)25-9-5-6-16(25)18(26)23(3)14-7-10-24(11-8-14)17-15(20)12-21-19(22-17)27-4/h5-6,9,12-14H,7-8,10-11H2,1-4H3. The van der Waals surface area contributed by atoms with Crippen molar-refractivity contribution in [2.45, 2.75) is 38.8 Å². The zero-order valence-electron chi connectivity index (χ0n) is 16.2. The summed E-state index contributed by atoms with van der Waals surface area (Å²) in [7, 11) is 3.42. The number of anilines is 1. The lowest BCUT2D eigenvalue weighted by atomic mass is 10.0. The molecule has 7 nitrogen and oxygen atoms in total. The number of aromatic nitrogens is 3. The van der Waals surface area contributed by atoms with Gasteiger partial charge in [-0.15, -0.1) is 0 Å². The summed E-state index contributed by atoms with van der Waals surface area (Å²) in [5, 5.41) is 0.508. The highest BCUT2D eigenvalue weighted by atomic mass is 35.5. The van der Waals surface area contributed by atoms with Crippen LogP contribution in [0.1, 0.15) is 43.2 Å². The molecule has 1 saturated heterocycles. The minimum atomic E-state index is 0.0638. The fourth-order valence-corrected chi connectivity index (χ4v) is 3.71. The minimum absolute atomic E-state index is 0.0638. The van der Waals surface area contributed by atoms with Gasteiger partial charge in [0.15, 0.2) is 5.82 Å². The molecule has 0 spiro atoms. The smallest absolute Gasteiger partial charge is 0.318 e. The molecule has 0 atom stereocenters. The van der Waals surface area contributed by atoms with Crippen molar-refractivity contribution in [2.24, 2.45) is 0 Å². The molecule has 1 aliphatic heterocycles. The van der Waals surface area contributed by atoms with Crippen molar-refractivity contribution < 1.29 is 9.53 Å². The van der Waals surface area contributed by atoms with Crippen LogP contribution >= 0.6 is 11.6 Å². The second kappa shape index (κ2) is 8.17. The lowest BCUT2D eigenvalue weighted by molar-refractivity contribution is 0.0696. The van der Waals surface area contributed by atoms with E-state index in [0.717, 1.165) is 31.6 Å². The van der Waals surface area contributed by atoms with Crippen LogP contribution in [-0.2, 0) is 0 Å². The topological polar surface area (TPSA) is 63.5 Å². The molecule has 0 unspecified atom stereocenters. The van der Waals surface area contributed by atoms with Crippen LogP contribution in [0.15, 0.2) is 24.5 Å². The van der Waals surface area contributed by atoms with E-state index in [-0.39, 0.29) is 18.0 Å². The van der Waals surface area contributed by atoms with Crippen LogP contribution < -0.4 is 9.64 Å². The summed E-state index contributed by atoms with van der Waals surface area (Å²) in [6.45, 7) is 5.70. The number of nitrogens with zero attached hydrogens (tertiary/aromatic N) is 5. The second-order valence-corrected chi connectivity index (χ2v) is 7.46. The molecule has 1 fully saturated rings. The lowest BCUT2D eigenvalue weighted by Crippen LogP contribution is -2.46. The molecule has 1 amide bonds. The molecule has 3 rings (SSSR count). The number of carbonyl (C=O) groups is 1. The molecule has 2 aromatic rings. The molecule has 27 heavy (non-hydrogen) atoms. The van der Waals surface area contributed by atoms with E-state index in [2.05, 4.69) is 28.7 Å². The van der Waals surface area contributed by atoms with Gasteiger partial charge in [-0.05, 0) is 38.8 Å². The summed E-state index contributed by atoms with van der Waals surface area (Å²) in [6, 6.07) is 4.56. The Labute approximate surface area is 164 Å². The molecule has 3 heterocycles. The van der Waals surface area contributed by atoms with Gasteiger partial charge in [0.2, 0.25) is 0 Å². The van der Waals surface area contributed by atoms with Crippen molar-refractivity contribution >= 4 is 23.3 Å². The maximum Gasteiger partial charge on any atom is 0.318 e. The molecule has 146 valence electrons. The summed E-state index contributed by atoms with van der Waals surface area (Å²) in [4.78, 5) is 25.3. The maximum absolute atomic E-state index is 13.0. The van der Waals surface area contributed by atoms with E-state index in [4.69, 9.17) is 16.3 Å². The first-order chi connectivity index (χ1) is 12.9. The fourth-order valence-electron chi connectivity index (χ4n) is 3.50. The van der Waals surface area contributed by atoms with Gasteiger partial charge in [0.1, 0.15) is 10.7 Å². The molecule has 0 bridgehead atoms. The van der Waals surface area contributed by atoms with E-state index in [9.17, 15) is 4.79 Å². The Morgan fingerprint density at radius 3 is 2.70 bits per heavy atom. The van der Waals surface area contributed by atoms with E-state index >= 15 is 0 Å². The summed E-state index contributed by atoms with van der Waals surface area (Å²) in [5.74, 6) is 0.749. The molecule has 0 saturated carbocycles. The highest BCUT2D eigenvalue weighted by Crippen LogP contribution is 2.28. The third kappa shape index (κ3) is 4.03. The Morgan fingerprint density at radius 1 is 1.37 bits per heavy atom. The predicted molar refractivity (Wildman–Crippen MR) is 106 cm³/mol. The SMILES string of the molecule is COc1ncc(Cl)c(N2CCC(N(C)C(=O)c3cccn3C(C)C)CC2)n1. The van der Waals surface area contributed by atoms with Crippen LogP contribution in [0.3, 0.4) is 0 Å². The molecule has 0 N–H and O–H groups in total. The van der Waals surface area contributed by atoms with Crippen molar-refractivity contribution in [3.05, 3.63) is 35.2 Å². The fraction of sp³-hybridized carbons (Fsp3) is 0.526. The zero-order valence-corrected chi connectivity index (χ0v) is 17.0. The van der Waals surface area contributed by atoms with E-state index in [1.54, 1.807) is 6.20 Å². The predicted octanol–water partition coefficient (Wildman–Crippen LogP) is 3.26. The normalized spacial score (nSPS) is 15.3. The van der Waals surface area contributed by atoms with E-state index in [1.165, 1.54) is 7.11 Å². The number of hydrogen-bond donors (Lipinski definition) is 0. The first-order valence-electron chi connectivity index (χ1n) is 9.17. The van der Waals surface area contributed by atoms with Crippen LogP contribution in [-0.4, -0.2) is 58.6 Å². The van der Waals surface area contributed by atoms with Crippen LogP contribution in [0.25, 0.3) is 0 Å². The van der Waals surface area contributed by atoms with Crippen LogP contribution in [0.5, 0.6) is 6.01 Å². The molecule has 2 aromatic heterocycles. The lowest BCUT2D eigenvalue weighted by Gasteiger charge is -2.37. The number of halogens is 1. The monoisotopic (exact) mass is 391 g/mol. The Kier molecular flexibility index (Phi) is 5.89. The number of rotatable bonds is 5. The maximum atomic E-state index is 13.0. The van der Waals surface area contributed by atoms with Gasteiger partial charge in [-0.1, -0.05) is 11.6 Å². The Hall–Kier alpha value is -2.28. The number of ether oxygens (including phenoxy) is 1. The van der Waals surface area contributed by atoms with E-state index in [1.807, 2.05) is 34.8 Å². The molecule has 0 aliphatic carbocycles. The number of hydrogen-bond acceptors (Lipinski definition) is 5. The summed E-state index contributed by atoms with van der Waals surface area (Å²) >= 11 is 6.26. The molecular formula is C19H26ClN5O2. The zero-order chi connectivity index (χ0) is 19.6. The first kappa shape index (κ1) is 19.5. The van der Waals surface area contributed by atoms with Gasteiger partial charge < -0.3 is 19.1 Å². The first-order valence-corrected chi connectivity index (χ1v) is 9.55. The Bertz CT molecular complexity index is 799. The van der Waals surface area contributed by atoms with Gasteiger partial charge in [0, 0.05) is 38.4 Å². The molecule has 8 heteroatoms. The average molecular weight is 392 g/mol. The van der Waals surface area contributed by atoms with Gasteiger partial charge >= 0.3 is 6.01 Å². The van der Waals surface area contributed by atoms with Crippen LogP contribution in [0.2, 0.25) is 5.02 Å². The Balaban J connectivity index is 1.67. The highest BCUT2D eigenvalue weighted by molar-refractivity contribution is 6.32. The molecule has 0 radical (unpaired) electrons. The molecule has 1 aliphatic rings. The number of amides is 1. The van der Waals surface area contributed by atoms with Crippen LogP contribution in [0.4, 0.5) is 5.82 Å². The summed E-state index contributed by atoms with van der Waals surface area (Å²) in [5.41, 5.74) is 0.735. The molecular weight excluding hydrogens is 366 g/mol. The van der Waals surface area contributed by atoms with Crippen molar-refractivity contribution in [2.75, 3.05) is 32.1 Å². The van der Waals surface area contributed by atoms with Gasteiger partial charge in [-0.25, -0.2) is 4.98 Å².